The van der Waals surface area contributed by atoms with Crippen LogP contribution in [0.4, 0.5) is 0 Å². The van der Waals surface area contributed by atoms with Gasteiger partial charge in [0.15, 0.2) is 0 Å². The van der Waals surface area contributed by atoms with Crippen LogP contribution in [0.1, 0.15) is 23.1 Å². The van der Waals surface area contributed by atoms with E-state index in [9.17, 15) is 0 Å². The van der Waals surface area contributed by atoms with Crippen molar-refractivity contribution in [2.24, 2.45) is 5.92 Å². The molecular formula is C20H23N. The molecule has 1 saturated heterocycles. The number of nitrogens with zero attached hydrogens (tertiary/aromatic N) is 1. The lowest BCUT2D eigenvalue weighted by Gasteiger charge is -2.11. The van der Waals surface area contributed by atoms with Gasteiger partial charge in [0.25, 0.3) is 0 Å². The molecule has 0 aromatic heterocycles. The fourth-order valence-electron chi connectivity index (χ4n) is 3.17. The second-order valence-electron chi connectivity index (χ2n) is 6.16. The van der Waals surface area contributed by atoms with E-state index in [-0.39, 0.29) is 0 Å². The Bertz CT molecular complexity index is 597. The lowest BCUT2D eigenvalue weighted by atomic mass is 9.95. The summed E-state index contributed by atoms with van der Waals surface area (Å²) in [5.41, 5.74) is 4.96. The molecule has 0 bridgehead atoms. The Labute approximate surface area is 127 Å². The zero-order valence-corrected chi connectivity index (χ0v) is 12.8. The van der Waals surface area contributed by atoms with Gasteiger partial charge in [0.05, 0.1) is 0 Å². The molecule has 3 rings (SSSR count). The van der Waals surface area contributed by atoms with E-state index in [1.807, 2.05) is 6.07 Å². The summed E-state index contributed by atoms with van der Waals surface area (Å²) >= 11 is 0. The summed E-state index contributed by atoms with van der Waals surface area (Å²) in [5.74, 6) is 0.818. The van der Waals surface area contributed by atoms with Gasteiger partial charge in [-0.3, -0.25) is 0 Å². The number of benzene rings is 2. The maximum absolute atomic E-state index is 4.23. The van der Waals surface area contributed by atoms with E-state index in [4.69, 9.17) is 0 Å². The molecule has 1 heteroatoms. The van der Waals surface area contributed by atoms with Crippen LogP contribution in [0.25, 0.3) is 5.57 Å². The molecule has 0 saturated carbocycles. The molecule has 0 radical (unpaired) electrons. The quantitative estimate of drug-likeness (QED) is 0.808. The Morgan fingerprint density at radius 3 is 2.33 bits per heavy atom. The summed E-state index contributed by atoms with van der Waals surface area (Å²) in [6.07, 6.45) is 2.53. The molecule has 0 amide bonds. The minimum absolute atomic E-state index is 0.818. The van der Waals surface area contributed by atoms with Crippen LogP contribution in [0, 0.1) is 5.92 Å². The normalized spacial score (nSPS) is 18.8. The lowest BCUT2D eigenvalue weighted by Crippen LogP contribution is -2.14. The summed E-state index contributed by atoms with van der Waals surface area (Å²) in [6, 6.07) is 19.3. The fraction of sp³-hybridized carbons (Fsp3) is 0.300. The average Bonchev–Trinajstić information content (AvgIpc) is 2.93. The van der Waals surface area contributed by atoms with Gasteiger partial charge >= 0.3 is 0 Å². The SMILES string of the molecule is C=C(c1ccccc1)c1ccc(CC2CCN(C)C2)cc1. The minimum Gasteiger partial charge on any atom is -0.306 e. The van der Waals surface area contributed by atoms with Crippen molar-refractivity contribution >= 4 is 5.57 Å². The minimum atomic E-state index is 0.818. The standard InChI is InChI=1S/C20H23N/c1-16(19-6-4-3-5-7-19)20-10-8-17(9-11-20)14-18-12-13-21(2)15-18/h3-11,18H,1,12-15H2,2H3. The summed E-state index contributed by atoms with van der Waals surface area (Å²) in [6.45, 7) is 6.71. The summed E-state index contributed by atoms with van der Waals surface area (Å²) in [7, 11) is 2.22. The molecule has 2 aromatic rings. The molecule has 1 aliphatic rings. The topological polar surface area (TPSA) is 3.24 Å². The molecule has 0 aliphatic carbocycles. The highest BCUT2D eigenvalue weighted by Gasteiger charge is 2.19. The molecular weight excluding hydrogens is 254 g/mol. The van der Waals surface area contributed by atoms with E-state index in [0.29, 0.717) is 0 Å². The molecule has 1 aliphatic heterocycles. The van der Waals surface area contributed by atoms with Crippen LogP contribution >= 0.6 is 0 Å². The van der Waals surface area contributed by atoms with E-state index in [1.54, 1.807) is 0 Å². The predicted molar refractivity (Wildman–Crippen MR) is 90.3 cm³/mol. The van der Waals surface area contributed by atoms with E-state index in [2.05, 4.69) is 67.1 Å². The van der Waals surface area contributed by atoms with Crippen molar-refractivity contribution in [1.29, 1.82) is 0 Å². The second kappa shape index (κ2) is 6.28. The van der Waals surface area contributed by atoms with Gasteiger partial charge < -0.3 is 4.90 Å². The molecule has 2 aromatic carbocycles. The highest BCUT2D eigenvalue weighted by Crippen LogP contribution is 2.24. The Morgan fingerprint density at radius 2 is 1.71 bits per heavy atom. The smallest absolute Gasteiger partial charge is 0.00103 e. The third-order valence-electron chi connectivity index (χ3n) is 4.44. The van der Waals surface area contributed by atoms with Crippen LogP contribution < -0.4 is 0 Å². The number of hydrogen-bond donors (Lipinski definition) is 0. The maximum Gasteiger partial charge on any atom is 0.00103 e. The summed E-state index contributed by atoms with van der Waals surface area (Å²) in [5, 5.41) is 0. The van der Waals surface area contributed by atoms with Gasteiger partial charge in [-0.1, -0.05) is 61.2 Å². The van der Waals surface area contributed by atoms with Crippen LogP contribution in [0.2, 0.25) is 0 Å². The van der Waals surface area contributed by atoms with Crippen molar-refractivity contribution < 1.29 is 0 Å². The van der Waals surface area contributed by atoms with Gasteiger partial charge in [-0.25, -0.2) is 0 Å². The van der Waals surface area contributed by atoms with Crippen molar-refractivity contribution in [3.63, 3.8) is 0 Å². The largest absolute Gasteiger partial charge is 0.306 e. The first-order valence-corrected chi connectivity index (χ1v) is 7.74. The third-order valence-corrected chi connectivity index (χ3v) is 4.44. The van der Waals surface area contributed by atoms with Gasteiger partial charge in [-0.15, -0.1) is 0 Å². The Hall–Kier alpha value is -1.86. The van der Waals surface area contributed by atoms with Crippen LogP contribution in [0.15, 0.2) is 61.2 Å². The van der Waals surface area contributed by atoms with E-state index in [0.717, 1.165) is 11.5 Å². The third kappa shape index (κ3) is 3.43. The fourth-order valence-corrected chi connectivity index (χ4v) is 3.17. The molecule has 1 unspecified atom stereocenters. The van der Waals surface area contributed by atoms with E-state index in [1.165, 1.54) is 42.6 Å². The molecule has 0 spiro atoms. The van der Waals surface area contributed by atoms with Gasteiger partial charge in [0.1, 0.15) is 0 Å². The first-order valence-electron chi connectivity index (χ1n) is 7.74. The molecule has 1 atom stereocenters. The molecule has 1 nitrogen and oxygen atoms in total. The van der Waals surface area contributed by atoms with Gasteiger partial charge in [-0.2, -0.15) is 0 Å². The van der Waals surface area contributed by atoms with E-state index < -0.39 is 0 Å². The Morgan fingerprint density at radius 1 is 1.05 bits per heavy atom. The predicted octanol–water partition coefficient (Wildman–Crippen LogP) is 4.24. The highest BCUT2D eigenvalue weighted by atomic mass is 15.1. The first kappa shape index (κ1) is 14.1. The van der Waals surface area contributed by atoms with Crippen LogP contribution in [-0.4, -0.2) is 25.0 Å². The van der Waals surface area contributed by atoms with Crippen LogP contribution in [0.3, 0.4) is 0 Å². The summed E-state index contributed by atoms with van der Waals surface area (Å²) in [4.78, 5) is 2.43. The van der Waals surface area contributed by atoms with Crippen molar-refractivity contribution in [2.75, 3.05) is 20.1 Å². The number of hydrogen-bond acceptors (Lipinski definition) is 1. The van der Waals surface area contributed by atoms with Crippen LogP contribution in [-0.2, 0) is 6.42 Å². The number of rotatable bonds is 4. The van der Waals surface area contributed by atoms with Crippen molar-refractivity contribution in [1.82, 2.24) is 4.90 Å². The molecule has 1 heterocycles. The maximum atomic E-state index is 4.23. The van der Waals surface area contributed by atoms with Gasteiger partial charge in [0.2, 0.25) is 0 Å². The zero-order chi connectivity index (χ0) is 14.7. The molecule has 1 fully saturated rings. The van der Waals surface area contributed by atoms with Crippen molar-refractivity contribution in [3.05, 3.63) is 77.9 Å². The Kier molecular flexibility index (Phi) is 4.21. The van der Waals surface area contributed by atoms with Gasteiger partial charge in [-0.05, 0) is 54.6 Å². The molecule has 21 heavy (non-hydrogen) atoms. The second-order valence-corrected chi connectivity index (χ2v) is 6.16. The zero-order valence-electron chi connectivity index (χ0n) is 12.8. The monoisotopic (exact) mass is 277 g/mol. The van der Waals surface area contributed by atoms with Gasteiger partial charge in [0, 0.05) is 6.54 Å². The molecule has 0 N–H and O–H groups in total. The first-order chi connectivity index (χ1) is 10.2. The van der Waals surface area contributed by atoms with Crippen molar-refractivity contribution in [3.8, 4) is 0 Å². The van der Waals surface area contributed by atoms with Crippen molar-refractivity contribution in [2.45, 2.75) is 12.8 Å². The number of likely N-dealkylation sites (tertiary alicyclic amines) is 1. The summed E-state index contributed by atoms with van der Waals surface area (Å²) < 4.78 is 0. The lowest BCUT2D eigenvalue weighted by molar-refractivity contribution is 0.394. The highest BCUT2D eigenvalue weighted by molar-refractivity contribution is 5.77. The Balaban J connectivity index is 1.68. The van der Waals surface area contributed by atoms with E-state index >= 15 is 0 Å². The average molecular weight is 277 g/mol. The van der Waals surface area contributed by atoms with Crippen LogP contribution in [0.5, 0.6) is 0 Å². The molecule has 108 valence electrons.